The molecule has 2 bridgehead atoms. The zero-order chi connectivity index (χ0) is 24.6. The predicted molar refractivity (Wildman–Crippen MR) is 121 cm³/mol. The number of rotatable bonds is 5. The number of nitrogens with zero attached hydrogens (tertiary/aromatic N) is 1. The summed E-state index contributed by atoms with van der Waals surface area (Å²) in [5, 5.41) is 8.82. The van der Waals surface area contributed by atoms with E-state index in [1.165, 1.54) is 60.4 Å². The lowest BCUT2D eigenvalue weighted by atomic mass is 9.98. The third-order valence-corrected chi connectivity index (χ3v) is 5.50. The van der Waals surface area contributed by atoms with E-state index >= 15 is 0 Å². The van der Waals surface area contributed by atoms with Crippen molar-refractivity contribution < 1.29 is 33.5 Å². The Kier molecular flexibility index (Phi) is 6.04. The quantitative estimate of drug-likeness (QED) is 0.506. The smallest absolute Gasteiger partial charge is 0.351 e. The average Bonchev–Trinajstić information content (AvgIpc) is 2.81. The number of fused-ring (bicyclic) bond motifs is 2. The van der Waals surface area contributed by atoms with E-state index in [0.717, 1.165) is 6.07 Å². The van der Waals surface area contributed by atoms with Crippen LogP contribution in [0.2, 0.25) is 5.02 Å². The molecule has 1 aliphatic rings. The second kappa shape index (κ2) is 8.95. The van der Waals surface area contributed by atoms with Gasteiger partial charge in [-0.15, -0.1) is 0 Å². The standard InChI is InChI=1S/C24H16ClFN2O6/c1-12(29)17-9-19(26)18(25)10-21(17)28-11-22(30)34-27-15-6-7-16(20(28)8-15)23(31)13-2-4-14(5-3-13)24(32)33/h2-10,27H,11H2,1H3,(H,32,33). The lowest BCUT2D eigenvalue weighted by molar-refractivity contribution is -0.138. The lowest BCUT2D eigenvalue weighted by Gasteiger charge is -2.30. The highest BCUT2D eigenvalue weighted by Crippen LogP contribution is 2.37. The molecule has 0 radical (unpaired) electrons. The van der Waals surface area contributed by atoms with Gasteiger partial charge in [0.05, 0.1) is 27.6 Å². The molecule has 4 rings (SSSR count). The number of hydrogen-bond donors (Lipinski definition) is 2. The third kappa shape index (κ3) is 4.33. The van der Waals surface area contributed by atoms with Gasteiger partial charge in [0.25, 0.3) is 0 Å². The minimum atomic E-state index is -1.13. The van der Waals surface area contributed by atoms with E-state index in [4.69, 9.17) is 21.5 Å². The van der Waals surface area contributed by atoms with Crippen LogP contribution in [0.15, 0.2) is 54.6 Å². The lowest BCUT2D eigenvalue weighted by Crippen LogP contribution is -2.32. The molecule has 10 heteroatoms. The number of hydrogen-bond acceptors (Lipinski definition) is 7. The monoisotopic (exact) mass is 482 g/mol. The van der Waals surface area contributed by atoms with Crippen molar-refractivity contribution in [2.45, 2.75) is 6.92 Å². The number of Topliss-reactive ketones (excluding diaryl/α,β-unsaturated/α-hetero) is 1. The Hall–Kier alpha value is -4.24. The summed E-state index contributed by atoms with van der Waals surface area (Å²) < 4.78 is 14.1. The fraction of sp³-hybridized carbons (Fsp3) is 0.0833. The van der Waals surface area contributed by atoms with Crippen molar-refractivity contribution in [1.82, 2.24) is 0 Å². The molecule has 0 fully saturated rings. The molecule has 1 heterocycles. The van der Waals surface area contributed by atoms with E-state index in [0.29, 0.717) is 5.69 Å². The van der Waals surface area contributed by atoms with Crippen molar-refractivity contribution in [1.29, 1.82) is 0 Å². The highest BCUT2D eigenvalue weighted by Gasteiger charge is 2.28. The Morgan fingerprint density at radius 3 is 2.29 bits per heavy atom. The predicted octanol–water partition coefficient (Wildman–Crippen LogP) is 4.63. The van der Waals surface area contributed by atoms with Crippen LogP contribution in [0.3, 0.4) is 0 Å². The largest absolute Gasteiger partial charge is 0.478 e. The van der Waals surface area contributed by atoms with Gasteiger partial charge in [-0.1, -0.05) is 23.7 Å². The molecule has 2 N–H and O–H groups in total. The fourth-order valence-corrected chi connectivity index (χ4v) is 3.71. The van der Waals surface area contributed by atoms with Gasteiger partial charge in [-0.2, -0.15) is 0 Å². The maximum Gasteiger partial charge on any atom is 0.351 e. The van der Waals surface area contributed by atoms with Gasteiger partial charge in [-0.25, -0.2) is 19.5 Å². The molecule has 0 atom stereocenters. The van der Waals surface area contributed by atoms with Crippen LogP contribution in [0.25, 0.3) is 0 Å². The van der Waals surface area contributed by atoms with E-state index in [1.807, 2.05) is 0 Å². The first kappa shape index (κ1) is 22.9. The molecule has 3 aromatic rings. The maximum atomic E-state index is 14.1. The number of halogens is 2. The molecule has 8 nitrogen and oxygen atoms in total. The summed E-state index contributed by atoms with van der Waals surface area (Å²) in [6.45, 7) is 0.819. The van der Waals surface area contributed by atoms with Gasteiger partial charge in [-0.05, 0) is 49.4 Å². The highest BCUT2D eigenvalue weighted by molar-refractivity contribution is 6.31. The Morgan fingerprint density at radius 1 is 1.00 bits per heavy atom. The highest BCUT2D eigenvalue weighted by atomic mass is 35.5. The van der Waals surface area contributed by atoms with Crippen LogP contribution < -0.4 is 10.4 Å². The normalized spacial score (nSPS) is 12.8. The average molecular weight is 483 g/mol. The summed E-state index contributed by atoms with van der Waals surface area (Å²) in [5.74, 6) is -3.62. The van der Waals surface area contributed by atoms with Gasteiger partial charge in [-0.3, -0.25) is 9.59 Å². The molecule has 0 spiro atoms. The van der Waals surface area contributed by atoms with Gasteiger partial charge in [0.2, 0.25) is 0 Å². The molecule has 3 aromatic carbocycles. The van der Waals surface area contributed by atoms with Crippen molar-refractivity contribution >= 4 is 52.2 Å². The summed E-state index contributed by atoms with van der Waals surface area (Å²) in [4.78, 5) is 55.5. The van der Waals surface area contributed by atoms with Crippen LogP contribution in [0.5, 0.6) is 0 Å². The summed E-state index contributed by atoms with van der Waals surface area (Å²) in [5.41, 5.74) is 3.52. The van der Waals surface area contributed by atoms with E-state index in [9.17, 15) is 23.6 Å². The molecule has 0 aliphatic carbocycles. The van der Waals surface area contributed by atoms with Crippen molar-refractivity contribution in [3.63, 3.8) is 0 Å². The Labute approximate surface area is 197 Å². The summed E-state index contributed by atoms with van der Waals surface area (Å²) >= 11 is 5.99. The van der Waals surface area contributed by atoms with Crippen molar-refractivity contribution in [3.05, 3.63) is 87.7 Å². The van der Waals surface area contributed by atoms with Gasteiger partial charge in [0.1, 0.15) is 12.4 Å². The van der Waals surface area contributed by atoms with Gasteiger partial charge >= 0.3 is 11.9 Å². The molecule has 172 valence electrons. The van der Waals surface area contributed by atoms with Gasteiger partial charge < -0.3 is 14.8 Å². The van der Waals surface area contributed by atoms with Crippen LogP contribution in [0.4, 0.5) is 21.5 Å². The zero-order valence-electron chi connectivity index (χ0n) is 17.6. The van der Waals surface area contributed by atoms with Crippen LogP contribution in [0.1, 0.15) is 43.6 Å². The van der Waals surface area contributed by atoms with Gasteiger partial charge in [0.15, 0.2) is 11.6 Å². The number of ketones is 2. The molecule has 0 unspecified atom stereocenters. The first-order chi connectivity index (χ1) is 16.2. The molecular weight excluding hydrogens is 467 g/mol. The van der Waals surface area contributed by atoms with E-state index < -0.39 is 35.9 Å². The molecule has 1 aliphatic heterocycles. The van der Waals surface area contributed by atoms with Crippen LogP contribution in [-0.4, -0.2) is 35.2 Å². The first-order valence-electron chi connectivity index (χ1n) is 9.91. The number of nitrogens with one attached hydrogen (secondary N) is 1. The van der Waals surface area contributed by atoms with Crippen LogP contribution >= 0.6 is 11.6 Å². The molecule has 0 aromatic heterocycles. The van der Waals surface area contributed by atoms with Crippen molar-refractivity contribution in [3.8, 4) is 0 Å². The van der Waals surface area contributed by atoms with E-state index in [-0.39, 0.29) is 38.7 Å². The topological polar surface area (TPSA) is 113 Å². The van der Waals surface area contributed by atoms with Crippen LogP contribution in [0, 0.1) is 5.82 Å². The maximum absolute atomic E-state index is 14.1. The summed E-state index contributed by atoms with van der Waals surface area (Å²) in [6, 6.07) is 12.1. The van der Waals surface area contributed by atoms with E-state index in [2.05, 4.69) is 5.48 Å². The zero-order valence-corrected chi connectivity index (χ0v) is 18.4. The van der Waals surface area contributed by atoms with Crippen molar-refractivity contribution in [2.24, 2.45) is 0 Å². The number of carbonyl (C=O) groups excluding carboxylic acids is 3. The SMILES string of the molecule is CC(=O)c1cc(F)c(Cl)cc1N1CC(=O)ONc2ccc(C(=O)c3ccc(C(=O)O)cc3)c1c2. The number of carboxylic acids is 1. The molecule has 34 heavy (non-hydrogen) atoms. The van der Waals surface area contributed by atoms with Crippen LogP contribution in [-0.2, 0) is 9.63 Å². The number of benzene rings is 3. The fourth-order valence-electron chi connectivity index (χ4n) is 3.55. The summed E-state index contributed by atoms with van der Waals surface area (Å²) in [6.07, 6.45) is 0. The number of anilines is 3. The second-order valence-corrected chi connectivity index (χ2v) is 7.85. The molecular formula is C24H16ClFN2O6. The minimum absolute atomic E-state index is 0.0159. The van der Waals surface area contributed by atoms with Crippen molar-refractivity contribution in [2.75, 3.05) is 16.9 Å². The molecule has 0 amide bonds. The Morgan fingerprint density at radius 2 is 1.65 bits per heavy atom. The summed E-state index contributed by atoms with van der Waals surface area (Å²) in [7, 11) is 0. The third-order valence-electron chi connectivity index (χ3n) is 5.21. The Balaban J connectivity index is 1.90. The molecule has 0 saturated heterocycles. The first-order valence-corrected chi connectivity index (χ1v) is 10.3. The Bertz CT molecular complexity index is 1360. The van der Waals surface area contributed by atoms with E-state index in [1.54, 1.807) is 0 Å². The molecule has 0 saturated carbocycles. The number of carboxylic acid groups (broad SMARTS) is 1. The van der Waals surface area contributed by atoms with Gasteiger partial charge in [0, 0.05) is 16.7 Å². The number of carbonyl (C=O) groups is 4. The number of aromatic carboxylic acids is 1. The second-order valence-electron chi connectivity index (χ2n) is 7.45. The minimum Gasteiger partial charge on any atom is -0.478 e.